The molecule has 1 unspecified atom stereocenters. The van der Waals surface area contributed by atoms with Crippen LogP contribution in [0.4, 0.5) is 8.78 Å². The van der Waals surface area contributed by atoms with E-state index >= 15 is 0 Å². The van der Waals surface area contributed by atoms with Gasteiger partial charge in [0.2, 0.25) is 0 Å². The Morgan fingerprint density at radius 1 is 1.05 bits per heavy atom. The third kappa shape index (κ3) is 3.04. The molecule has 0 aliphatic heterocycles. The lowest BCUT2D eigenvalue weighted by molar-refractivity contribution is 0.554. The topological polar surface area (TPSA) is 34.1 Å². The van der Waals surface area contributed by atoms with Gasteiger partial charge in [0, 0.05) is 5.56 Å². The number of aryl methyl sites for hydroxylation is 1. The van der Waals surface area contributed by atoms with Gasteiger partial charge in [-0.1, -0.05) is 24.3 Å². The molecule has 0 N–H and O–H groups in total. The van der Waals surface area contributed by atoms with Gasteiger partial charge in [-0.3, -0.25) is 0 Å². The largest absolute Gasteiger partial charge is 0.228 e. The molecule has 116 valence electrons. The van der Waals surface area contributed by atoms with Crippen molar-refractivity contribution in [2.24, 2.45) is 0 Å². The monoisotopic (exact) mass is 322 g/mol. The highest BCUT2D eigenvalue weighted by atomic mass is 32.2. The molecular weight excluding hydrogens is 306 g/mol. The van der Waals surface area contributed by atoms with E-state index in [1.165, 1.54) is 5.56 Å². The number of hydrogen-bond donors (Lipinski definition) is 0. The number of benzene rings is 2. The first-order valence-electron chi connectivity index (χ1n) is 7.18. The molecule has 0 amide bonds. The summed E-state index contributed by atoms with van der Waals surface area (Å²) in [5.41, 5.74) is 2.10. The van der Waals surface area contributed by atoms with Crippen LogP contribution in [0, 0.1) is 11.6 Å². The van der Waals surface area contributed by atoms with Crippen molar-refractivity contribution in [3.8, 4) is 0 Å². The number of fused-ring (bicyclic) bond motifs is 1. The molecular formula is C17H16F2O2S. The molecule has 0 aromatic heterocycles. The molecule has 5 heteroatoms. The summed E-state index contributed by atoms with van der Waals surface area (Å²) >= 11 is 0. The van der Waals surface area contributed by atoms with Gasteiger partial charge >= 0.3 is 0 Å². The molecule has 0 saturated heterocycles. The third-order valence-electron chi connectivity index (χ3n) is 4.17. The van der Waals surface area contributed by atoms with Gasteiger partial charge in [0.25, 0.3) is 0 Å². The minimum absolute atomic E-state index is 0.0983. The highest BCUT2D eigenvalue weighted by Gasteiger charge is 2.30. The molecule has 2 aromatic rings. The van der Waals surface area contributed by atoms with Crippen molar-refractivity contribution >= 4 is 9.84 Å². The van der Waals surface area contributed by atoms with Gasteiger partial charge in [-0.15, -0.1) is 0 Å². The zero-order valence-electron chi connectivity index (χ0n) is 11.9. The van der Waals surface area contributed by atoms with E-state index in [1.54, 1.807) is 0 Å². The van der Waals surface area contributed by atoms with Crippen LogP contribution in [-0.2, 0) is 28.4 Å². The van der Waals surface area contributed by atoms with Crippen LogP contribution in [0.25, 0.3) is 0 Å². The van der Waals surface area contributed by atoms with E-state index in [2.05, 4.69) is 0 Å². The fourth-order valence-electron chi connectivity index (χ4n) is 2.96. The van der Waals surface area contributed by atoms with E-state index in [0.29, 0.717) is 19.3 Å². The maximum atomic E-state index is 13.7. The van der Waals surface area contributed by atoms with Crippen LogP contribution in [0.2, 0.25) is 0 Å². The van der Waals surface area contributed by atoms with E-state index in [4.69, 9.17) is 0 Å². The molecule has 1 aliphatic carbocycles. The van der Waals surface area contributed by atoms with Crippen LogP contribution in [0.1, 0.15) is 23.1 Å². The summed E-state index contributed by atoms with van der Waals surface area (Å²) in [5.74, 6) is -1.76. The van der Waals surface area contributed by atoms with Crippen molar-refractivity contribution in [1.82, 2.24) is 0 Å². The lowest BCUT2D eigenvalue weighted by Gasteiger charge is -2.24. The lowest BCUT2D eigenvalue weighted by atomic mass is 9.92. The van der Waals surface area contributed by atoms with Crippen LogP contribution in [0.5, 0.6) is 0 Å². The Balaban J connectivity index is 1.84. The van der Waals surface area contributed by atoms with Gasteiger partial charge in [-0.25, -0.2) is 17.2 Å². The highest BCUT2D eigenvalue weighted by molar-refractivity contribution is 7.91. The molecule has 0 spiro atoms. The number of hydrogen-bond acceptors (Lipinski definition) is 2. The molecule has 0 saturated carbocycles. The number of halogens is 2. The maximum Gasteiger partial charge on any atom is 0.157 e. The second-order valence-corrected chi connectivity index (χ2v) is 7.96. The third-order valence-corrected chi connectivity index (χ3v) is 6.31. The average Bonchev–Trinajstić information content (AvgIpc) is 2.50. The average molecular weight is 322 g/mol. The molecule has 2 nitrogen and oxygen atoms in total. The predicted octanol–water partition coefficient (Wildman–Crippen LogP) is 3.44. The molecule has 0 heterocycles. The molecule has 0 radical (unpaired) electrons. The van der Waals surface area contributed by atoms with Crippen molar-refractivity contribution in [1.29, 1.82) is 0 Å². The molecule has 1 aliphatic rings. The van der Waals surface area contributed by atoms with E-state index in [-0.39, 0.29) is 5.56 Å². The maximum absolute atomic E-state index is 13.7. The van der Waals surface area contributed by atoms with E-state index in [0.717, 1.165) is 23.8 Å². The standard InChI is InChI=1S/C17H16F2O2S/c18-15-6-8-17(19)14(9-15)11-22(20,21)16-7-5-12-3-1-2-4-13(12)10-16/h1-4,6,8-9,16H,5,7,10-11H2. The Morgan fingerprint density at radius 3 is 2.55 bits per heavy atom. The molecule has 3 rings (SSSR count). The normalized spacial score (nSPS) is 18.0. The van der Waals surface area contributed by atoms with Crippen molar-refractivity contribution in [2.75, 3.05) is 0 Å². The number of rotatable bonds is 3. The summed E-state index contributed by atoms with van der Waals surface area (Å²) in [6.07, 6.45) is 1.66. The van der Waals surface area contributed by atoms with Crippen LogP contribution >= 0.6 is 0 Å². The molecule has 1 atom stereocenters. The lowest BCUT2D eigenvalue weighted by Crippen LogP contribution is -2.29. The summed E-state index contributed by atoms with van der Waals surface area (Å²) in [7, 11) is -3.53. The van der Waals surface area contributed by atoms with Gasteiger partial charge in [0.05, 0.1) is 11.0 Å². The Labute approximate surface area is 128 Å². The first kappa shape index (κ1) is 15.2. The van der Waals surface area contributed by atoms with Crippen LogP contribution in [0.15, 0.2) is 42.5 Å². The smallest absolute Gasteiger partial charge is 0.157 e. The van der Waals surface area contributed by atoms with Gasteiger partial charge in [-0.2, -0.15) is 0 Å². The summed E-state index contributed by atoms with van der Waals surface area (Å²) < 4.78 is 52.0. The van der Waals surface area contributed by atoms with E-state index in [1.807, 2.05) is 24.3 Å². The zero-order valence-corrected chi connectivity index (χ0v) is 12.7. The van der Waals surface area contributed by atoms with Crippen LogP contribution in [-0.4, -0.2) is 13.7 Å². The first-order chi connectivity index (χ1) is 10.5. The second kappa shape index (κ2) is 5.80. The van der Waals surface area contributed by atoms with Crippen molar-refractivity contribution in [3.05, 3.63) is 70.8 Å². The fraction of sp³-hybridized carbons (Fsp3) is 0.294. The zero-order chi connectivity index (χ0) is 15.7. The minimum Gasteiger partial charge on any atom is -0.228 e. The van der Waals surface area contributed by atoms with Gasteiger partial charge in [-0.05, 0) is 48.6 Å². The first-order valence-corrected chi connectivity index (χ1v) is 8.89. The quantitative estimate of drug-likeness (QED) is 0.867. The van der Waals surface area contributed by atoms with E-state index < -0.39 is 32.5 Å². The Bertz CT molecular complexity index is 800. The molecule has 0 fully saturated rings. The minimum atomic E-state index is -3.53. The predicted molar refractivity (Wildman–Crippen MR) is 81.2 cm³/mol. The Kier molecular flexibility index (Phi) is 4.00. The van der Waals surface area contributed by atoms with Crippen molar-refractivity contribution < 1.29 is 17.2 Å². The summed E-state index contributed by atoms with van der Waals surface area (Å²) in [5, 5.41) is -0.537. The Morgan fingerprint density at radius 2 is 1.77 bits per heavy atom. The SMILES string of the molecule is O=S(=O)(Cc1cc(F)ccc1F)C1CCc2ccccc2C1. The summed E-state index contributed by atoms with van der Waals surface area (Å²) in [6.45, 7) is 0. The van der Waals surface area contributed by atoms with E-state index in [9.17, 15) is 17.2 Å². The Hall–Kier alpha value is -1.75. The summed E-state index contributed by atoms with van der Waals surface area (Å²) in [6, 6.07) is 10.7. The van der Waals surface area contributed by atoms with Gasteiger partial charge in [0.1, 0.15) is 11.6 Å². The second-order valence-electron chi connectivity index (χ2n) is 5.68. The van der Waals surface area contributed by atoms with Gasteiger partial charge in [0.15, 0.2) is 9.84 Å². The van der Waals surface area contributed by atoms with Crippen LogP contribution in [0.3, 0.4) is 0 Å². The van der Waals surface area contributed by atoms with Crippen LogP contribution < -0.4 is 0 Å². The molecule has 0 bridgehead atoms. The van der Waals surface area contributed by atoms with Gasteiger partial charge < -0.3 is 0 Å². The number of sulfone groups is 1. The summed E-state index contributed by atoms with van der Waals surface area (Å²) in [4.78, 5) is 0. The molecule has 22 heavy (non-hydrogen) atoms. The highest BCUT2D eigenvalue weighted by Crippen LogP contribution is 2.27. The molecule has 2 aromatic carbocycles. The fourth-order valence-corrected chi connectivity index (χ4v) is 4.76. The van der Waals surface area contributed by atoms with Crippen molar-refractivity contribution in [2.45, 2.75) is 30.3 Å². The van der Waals surface area contributed by atoms with Crippen molar-refractivity contribution in [3.63, 3.8) is 0 Å².